The highest BCUT2D eigenvalue weighted by molar-refractivity contribution is 5.93. The number of carboxylic acid groups (broad SMARTS) is 1. The lowest BCUT2D eigenvalue weighted by molar-refractivity contribution is -0.143. The zero-order chi connectivity index (χ0) is 21.1. The minimum Gasteiger partial charge on any atom is -0.480 e. The van der Waals surface area contributed by atoms with Crippen molar-refractivity contribution >= 4 is 23.7 Å². The SMILES string of the molecule is CCC(C)C(NC(=O)CN)C(=O)NC(CO)C(=O)NC(CC(C)C)C(=O)O. The standard InChI is InChI=1S/C17H32N4O6/c1-5-10(4)14(21-13(23)7-18)16(25)20-12(8-22)15(24)19-11(17(26)27)6-9(2)3/h9-12,14,22H,5-8,18H2,1-4H3,(H,19,24)(H,20,25)(H,21,23)(H,26,27). The van der Waals surface area contributed by atoms with Gasteiger partial charge in [0.25, 0.3) is 0 Å². The van der Waals surface area contributed by atoms with Gasteiger partial charge < -0.3 is 31.9 Å². The Morgan fingerprint density at radius 1 is 0.963 bits per heavy atom. The first kappa shape index (κ1) is 24.8. The quantitative estimate of drug-likeness (QED) is 0.238. The number of carboxylic acids is 1. The molecule has 0 aromatic heterocycles. The molecule has 0 aliphatic carbocycles. The number of hydrogen-bond donors (Lipinski definition) is 6. The molecule has 0 heterocycles. The van der Waals surface area contributed by atoms with Crippen LogP contribution in [-0.2, 0) is 19.2 Å². The number of rotatable bonds is 12. The summed E-state index contributed by atoms with van der Waals surface area (Å²) in [7, 11) is 0. The Labute approximate surface area is 159 Å². The van der Waals surface area contributed by atoms with Gasteiger partial charge in [-0.05, 0) is 18.3 Å². The molecule has 0 aliphatic rings. The molecule has 156 valence electrons. The van der Waals surface area contributed by atoms with Gasteiger partial charge in [0.15, 0.2) is 0 Å². The molecule has 0 fully saturated rings. The number of carbonyl (C=O) groups excluding carboxylic acids is 3. The molecule has 3 amide bonds. The second-order valence-electron chi connectivity index (χ2n) is 6.91. The lowest BCUT2D eigenvalue weighted by atomic mass is 9.97. The molecule has 10 heteroatoms. The normalized spacial score (nSPS) is 15.4. The number of aliphatic hydroxyl groups is 1. The lowest BCUT2D eigenvalue weighted by Crippen LogP contribution is -2.58. The summed E-state index contributed by atoms with van der Waals surface area (Å²) >= 11 is 0. The van der Waals surface area contributed by atoms with E-state index in [1.807, 2.05) is 20.8 Å². The van der Waals surface area contributed by atoms with Crippen LogP contribution in [0.5, 0.6) is 0 Å². The topological polar surface area (TPSA) is 171 Å². The maximum atomic E-state index is 12.5. The van der Waals surface area contributed by atoms with Crippen molar-refractivity contribution < 1.29 is 29.4 Å². The number of aliphatic hydroxyl groups excluding tert-OH is 1. The zero-order valence-corrected chi connectivity index (χ0v) is 16.3. The molecular weight excluding hydrogens is 356 g/mol. The van der Waals surface area contributed by atoms with Crippen LogP contribution in [0.1, 0.15) is 40.5 Å². The smallest absolute Gasteiger partial charge is 0.326 e. The van der Waals surface area contributed by atoms with Crippen LogP contribution in [0.4, 0.5) is 0 Å². The number of aliphatic carboxylic acids is 1. The Morgan fingerprint density at radius 3 is 1.93 bits per heavy atom. The van der Waals surface area contributed by atoms with Crippen molar-refractivity contribution in [3.05, 3.63) is 0 Å². The van der Waals surface area contributed by atoms with Crippen molar-refractivity contribution in [2.24, 2.45) is 17.6 Å². The minimum atomic E-state index is -1.34. The first-order valence-corrected chi connectivity index (χ1v) is 9.01. The van der Waals surface area contributed by atoms with E-state index in [9.17, 15) is 29.4 Å². The van der Waals surface area contributed by atoms with E-state index in [-0.39, 0.29) is 24.8 Å². The van der Waals surface area contributed by atoms with Gasteiger partial charge in [-0.25, -0.2) is 4.79 Å². The summed E-state index contributed by atoms with van der Waals surface area (Å²) in [5.74, 6) is -3.41. The van der Waals surface area contributed by atoms with E-state index in [0.717, 1.165) is 0 Å². The third-order valence-electron chi connectivity index (χ3n) is 4.13. The molecule has 10 nitrogen and oxygen atoms in total. The molecule has 0 aliphatic heterocycles. The van der Waals surface area contributed by atoms with Crippen molar-refractivity contribution in [2.45, 2.75) is 58.7 Å². The summed E-state index contributed by atoms with van der Waals surface area (Å²) < 4.78 is 0. The molecule has 4 atom stereocenters. The fraction of sp³-hybridized carbons (Fsp3) is 0.765. The molecule has 0 aromatic rings. The van der Waals surface area contributed by atoms with Crippen molar-refractivity contribution in [2.75, 3.05) is 13.2 Å². The largest absolute Gasteiger partial charge is 0.480 e. The maximum absolute atomic E-state index is 12.5. The first-order valence-electron chi connectivity index (χ1n) is 9.01. The molecule has 0 spiro atoms. The summed E-state index contributed by atoms with van der Waals surface area (Å²) in [6, 6.07) is -3.41. The van der Waals surface area contributed by atoms with Crippen LogP contribution in [0.3, 0.4) is 0 Å². The van der Waals surface area contributed by atoms with Crippen molar-refractivity contribution in [1.82, 2.24) is 16.0 Å². The van der Waals surface area contributed by atoms with Gasteiger partial charge in [-0.15, -0.1) is 0 Å². The van der Waals surface area contributed by atoms with Gasteiger partial charge in [0.05, 0.1) is 13.2 Å². The highest BCUT2D eigenvalue weighted by atomic mass is 16.4. The Morgan fingerprint density at radius 2 is 1.52 bits per heavy atom. The van der Waals surface area contributed by atoms with Gasteiger partial charge >= 0.3 is 5.97 Å². The van der Waals surface area contributed by atoms with Crippen molar-refractivity contribution in [3.8, 4) is 0 Å². The van der Waals surface area contributed by atoms with E-state index in [0.29, 0.717) is 6.42 Å². The fourth-order valence-corrected chi connectivity index (χ4v) is 2.36. The second-order valence-corrected chi connectivity index (χ2v) is 6.91. The van der Waals surface area contributed by atoms with Crippen molar-refractivity contribution in [3.63, 3.8) is 0 Å². The molecule has 0 aromatic carbocycles. The monoisotopic (exact) mass is 388 g/mol. The van der Waals surface area contributed by atoms with Crippen LogP contribution in [0.15, 0.2) is 0 Å². The molecule has 0 saturated heterocycles. The molecule has 0 saturated carbocycles. The predicted molar refractivity (Wildman–Crippen MR) is 98.5 cm³/mol. The van der Waals surface area contributed by atoms with Crippen molar-refractivity contribution in [1.29, 1.82) is 0 Å². The predicted octanol–water partition coefficient (Wildman–Crippen LogP) is -1.43. The molecule has 0 bridgehead atoms. The first-order chi connectivity index (χ1) is 12.6. The van der Waals surface area contributed by atoms with E-state index >= 15 is 0 Å². The Bertz CT molecular complexity index is 526. The fourth-order valence-electron chi connectivity index (χ4n) is 2.36. The van der Waals surface area contributed by atoms with Gasteiger partial charge in [0, 0.05) is 0 Å². The van der Waals surface area contributed by atoms with E-state index in [2.05, 4.69) is 16.0 Å². The van der Waals surface area contributed by atoms with Crippen LogP contribution in [0.2, 0.25) is 0 Å². The Balaban J connectivity index is 5.13. The number of carbonyl (C=O) groups is 4. The highest BCUT2D eigenvalue weighted by Crippen LogP contribution is 2.09. The van der Waals surface area contributed by atoms with Gasteiger partial charge in [-0.1, -0.05) is 34.1 Å². The molecule has 27 heavy (non-hydrogen) atoms. The highest BCUT2D eigenvalue weighted by Gasteiger charge is 2.31. The Hall–Kier alpha value is -2.20. The van der Waals surface area contributed by atoms with E-state index in [1.165, 1.54) is 0 Å². The maximum Gasteiger partial charge on any atom is 0.326 e. The average Bonchev–Trinajstić information content (AvgIpc) is 2.61. The molecule has 7 N–H and O–H groups in total. The second kappa shape index (κ2) is 12.2. The van der Waals surface area contributed by atoms with Gasteiger partial charge in [0.1, 0.15) is 18.1 Å². The summed E-state index contributed by atoms with van der Waals surface area (Å²) in [6.45, 7) is 6.19. The van der Waals surface area contributed by atoms with Crippen LogP contribution in [0.25, 0.3) is 0 Å². The zero-order valence-electron chi connectivity index (χ0n) is 16.3. The third kappa shape index (κ3) is 8.83. The lowest BCUT2D eigenvalue weighted by Gasteiger charge is -2.26. The van der Waals surface area contributed by atoms with Gasteiger partial charge in [-0.3, -0.25) is 14.4 Å². The number of nitrogens with two attached hydrogens (primary N) is 1. The summed E-state index contributed by atoms with van der Waals surface area (Å²) in [6.07, 6.45) is 0.781. The average molecular weight is 388 g/mol. The molecule has 4 unspecified atom stereocenters. The van der Waals surface area contributed by atoms with E-state index in [1.54, 1.807) is 6.92 Å². The van der Waals surface area contributed by atoms with Crippen LogP contribution < -0.4 is 21.7 Å². The third-order valence-corrected chi connectivity index (χ3v) is 4.13. The van der Waals surface area contributed by atoms with Gasteiger partial charge in [-0.2, -0.15) is 0 Å². The Kier molecular flexibility index (Phi) is 11.2. The van der Waals surface area contributed by atoms with Crippen LogP contribution in [-0.4, -0.2) is 65.2 Å². The molecular formula is C17H32N4O6. The summed E-state index contributed by atoms with van der Waals surface area (Å²) in [5.41, 5.74) is 5.26. The number of hydrogen-bond acceptors (Lipinski definition) is 6. The van der Waals surface area contributed by atoms with Crippen LogP contribution in [0, 0.1) is 11.8 Å². The number of nitrogens with one attached hydrogen (secondary N) is 3. The summed E-state index contributed by atoms with van der Waals surface area (Å²) in [5, 5.41) is 25.8. The minimum absolute atomic E-state index is 0.0230. The van der Waals surface area contributed by atoms with Gasteiger partial charge in [0.2, 0.25) is 17.7 Å². The molecule has 0 radical (unpaired) electrons. The molecule has 0 rings (SSSR count). The van der Waals surface area contributed by atoms with E-state index in [4.69, 9.17) is 5.73 Å². The van der Waals surface area contributed by atoms with E-state index < -0.39 is 48.4 Å². The van der Waals surface area contributed by atoms with Crippen LogP contribution >= 0.6 is 0 Å². The summed E-state index contributed by atoms with van der Waals surface area (Å²) in [4.78, 5) is 47.6. The number of amides is 3.